The van der Waals surface area contributed by atoms with Gasteiger partial charge in [0.05, 0.1) is 0 Å². The molecule has 2 aromatic rings. The number of halogens is 1. The highest BCUT2D eigenvalue weighted by molar-refractivity contribution is 6.30. The van der Waals surface area contributed by atoms with Crippen LogP contribution in [0.3, 0.4) is 0 Å². The molecule has 0 aliphatic carbocycles. The van der Waals surface area contributed by atoms with E-state index in [1.54, 1.807) is 42.5 Å². The van der Waals surface area contributed by atoms with E-state index in [-0.39, 0.29) is 0 Å². The lowest BCUT2D eigenvalue weighted by atomic mass is 10.1. The largest absolute Gasteiger partial charge is 0.446 e. The van der Waals surface area contributed by atoms with Crippen molar-refractivity contribution in [2.45, 2.75) is 19.1 Å². The zero-order valence-corrected chi connectivity index (χ0v) is 16.5. The van der Waals surface area contributed by atoms with Gasteiger partial charge in [-0.15, -0.1) is 0 Å². The Kier molecular flexibility index (Phi) is 7.73. The van der Waals surface area contributed by atoms with Crippen molar-refractivity contribution < 1.29 is 23.9 Å². The van der Waals surface area contributed by atoms with Gasteiger partial charge >= 0.3 is 12.0 Å². The fourth-order valence-corrected chi connectivity index (χ4v) is 2.43. The first-order valence-corrected chi connectivity index (χ1v) is 9.04. The lowest BCUT2D eigenvalue weighted by molar-refractivity contribution is -0.157. The Morgan fingerprint density at radius 3 is 2.17 bits per heavy atom. The van der Waals surface area contributed by atoms with E-state index in [4.69, 9.17) is 16.3 Å². The molecule has 0 spiro atoms. The van der Waals surface area contributed by atoms with Crippen LogP contribution in [0.4, 0.5) is 4.79 Å². The Hall–Kier alpha value is -3.39. The van der Waals surface area contributed by atoms with Crippen molar-refractivity contribution >= 4 is 35.4 Å². The zero-order valence-electron chi connectivity index (χ0n) is 15.8. The van der Waals surface area contributed by atoms with Gasteiger partial charge in [0.1, 0.15) is 6.04 Å². The molecule has 0 radical (unpaired) electrons. The first-order chi connectivity index (χ1) is 13.8. The SMILES string of the molecule is CNC(=O)NC(=O)[C@H](OC(=O)[C@H](C)NC(=O)c1ccc(Cl)cc1)c1ccccc1. The number of esters is 1. The van der Waals surface area contributed by atoms with Gasteiger partial charge in [0.15, 0.2) is 0 Å². The van der Waals surface area contributed by atoms with Gasteiger partial charge in [0.25, 0.3) is 11.8 Å². The minimum Gasteiger partial charge on any atom is -0.446 e. The Labute approximate surface area is 172 Å². The van der Waals surface area contributed by atoms with Gasteiger partial charge in [-0.1, -0.05) is 41.9 Å². The summed E-state index contributed by atoms with van der Waals surface area (Å²) >= 11 is 5.79. The lowest BCUT2D eigenvalue weighted by Crippen LogP contribution is -2.44. The molecule has 152 valence electrons. The van der Waals surface area contributed by atoms with Crippen LogP contribution < -0.4 is 16.0 Å². The third kappa shape index (κ3) is 6.32. The molecule has 9 heteroatoms. The molecule has 0 fully saturated rings. The smallest absolute Gasteiger partial charge is 0.329 e. The van der Waals surface area contributed by atoms with Crippen molar-refractivity contribution in [3.63, 3.8) is 0 Å². The average Bonchev–Trinajstić information content (AvgIpc) is 2.72. The van der Waals surface area contributed by atoms with Gasteiger partial charge in [-0.25, -0.2) is 9.59 Å². The maximum absolute atomic E-state index is 12.5. The number of amides is 4. The van der Waals surface area contributed by atoms with E-state index >= 15 is 0 Å². The Morgan fingerprint density at radius 1 is 0.966 bits per heavy atom. The molecule has 2 rings (SSSR count). The van der Waals surface area contributed by atoms with E-state index in [2.05, 4.69) is 16.0 Å². The summed E-state index contributed by atoms with van der Waals surface area (Å²) in [5.74, 6) is -2.16. The van der Waals surface area contributed by atoms with Crippen LogP contribution in [0.25, 0.3) is 0 Å². The third-order valence-corrected chi connectivity index (χ3v) is 4.10. The molecular weight excluding hydrogens is 398 g/mol. The second-order valence-electron chi connectivity index (χ2n) is 6.00. The van der Waals surface area contributed by atoms with Crippen LogP contribution in [-0.2, 0) is 14.3 Å². The fourth-order valence-electron chi connectivity index (χ4n) is 2.30. The first-order valence-electron chi connectivity index (χ1n) is 8.66. The molecule has 2 aromatic carbocycles. The standard InChI is InChI=1S/C20H20ClN3O5/c1-12(23-17(25)14-8-10-15(21)11-9-14)19(27)29-16(13-6-4-3-5-7-13)18(26)24-20(28)22-2/h3-12,16H,1-2H3,(H,23,25)(H2,22,24,26,28)/t12-,16+/m0/s1. The van der Waals surface area contributed by atoms with Crippen LogP contribution in [-0.4, -0.2) is 36.9 Å². The zero-order chi connectivity index (χ0) is 21.4. The maximum atomic E-state index is 12.5. The number of hydrogen-bond donors (Lipinski definition) is 3. The molecule has 3 N–H and O–H groups in total. The number of imide groups is 1. The highest BCUT2D eigenvalue weighted by atomic mass is 35.5. The fraction of sp³-hybridized carbons (Fsp3) is 0.200. The molecule has 0 saturated heterocycles. The quantitative estimate of drug-likeness (QED) is 0.623. The van der Waals surface area contributed by atoms with Crippen LogP contribution in [0.2, 0.25) is 5.02 Å². The van der Waals surface area contributed by atoms with Crippen molar-refractivity contribution in [1.82, 2.24) is 16.0 Å². The molecule has 29 heavy (non-hydrogen) atoms. The number of hydrogen-bond acceptors (Lipinski definition) is 5. The summed E-state index contributed by atoms with van der Waals surface area (Å²) in [4.78, 5) is 48.6. The number of ether oxygens (including phenoxy) is 1. The predicted octanol–water partition coefficient (Wildman–Crippen LogP) is 2.20. The molecule has 8 nitrogen and oxygen atoms in total. The highest BCUT2D eigenvalue weighted by Crippen LogP contribution is 2.18. The Bertz CT molecular complexity index is 887. The maximum Gasteiger partial charge on any atom is 0.329 e. The molecule has 0 aromatic heterocycles. The summed E-state index contributed by atoms with van der Waals surface area (Å²) in [6.45, 7) is 1.43. The minimum atomic E-state index is -1.36. The molecule has 4 amide bonds. The van der Waals surface area contributed by atoms with Crippen LogP contribution in [0.1, 0.15) is 28.9 Å². The third-order valence-electron chi connectivity index (χ3n) is 3.85. The first kappa shape index (κ1) is 21.9. The summed E-state index contributed by atoms with van der Waals surface area (Å²) < 4.78 is 5.29. The second-order valence-corrected chi connectivity index (χ2v) is 6.43. The van der Waals surface area contributed by atoms with Crippen LogP contribution in [0.5, 0.6) is 0 Å². The molecule has 0 saturated carbocycles. The van der Waals surface area contributed by atoms with Crippen molar-refractivity contribution in [2.75, 3.05) is 7.05 Å². The molecular formula is C20H20ClN3O5. The van der Waals surface area contributed by atoms with Crippen LogP contribution >= 0.6 is 11.6 Å². The molecule has 0 bridgehead atoms. The summed E-state index contributed by atoms with van der Waals surface area (Å²) in [7, 11) is 1.35. The van der Waals surface area contributed by atoms with Crippen molar-refractivity contribution in [1.29, 1.82) is 0 Å². The van der Waals surface area contributed by atoms with Crippen molar-refractivity contribution in [2.24, 2.45) is 0 Å². The number of urea groups is 1. The summed E-state index contributed by atoms with van der Waals surface area (Å²) in [5, 5.41) is 7.30. The number of rotatable bonds is 6. The molecule has 2 atom stereocenters. The number of nitrogens with one attached hydrogen (secondary N) is 3. The number of carbonyl (C=O) groups excluding carboxylic acids is 4. The summed E-state index contributed by atoms with van der Waals surface area (Å²) in [5.41, 5.74) is 0.685. The van der Waals surface area contributed by atoms with Crippen molar-refractivity contribution in [3.8, 4) is 0 Å². The molecule has 0 aliphatic heterocycles. The van der Waals surface area contributed by atoms with E-state index < -0.39 is 36.0 Å². The number of benzene rings is 2. The van der Waals surface area contributed by atoms with Gasteiger partial charge in [0.2, 0.25) is 6.10 Å². The van der Waals surface area contributed by atoms with Gasteiger partial charge in [-0.05, 0) is 31.2 Å². The molecule has 0 heterocycles. The molecule has 0 aliphatic rings. The monoisotopic (exact) mass is 417 g/mol. The van der Waals surface area contributed by atoms with E-state index in [1.165, 1.54) is 26.1 Å². The minimum absolute atomic E-state index is 0.311. The van der Waals surface area contributed by atoms with E-state index in [1.807, 2.05) is 0 Å². The summed E-state index contributed by atoms with van der Waals surface area (Å²) in [6.07, 6.45) is -1.36. The predicted molar refractivity (Wildman–Crippen MR) is 106 cm³/mol. The second kappa shape index (κ2) is 10.2. The Morgan fingerprint density at radius 2 is 1.59 bits per heavy atom. The van der Waals surface area contributed by atoms with Crippen LogP contribution in [0.15, 0.2) is 54.6 Å². The Balaban J connectivity index is 2.09. The van der Waals surface area contributed by atoms with Gasteiger partial charge in [0, 0.05) is 23.2 Å². The van der Waals surface area contributed by atoms with E-state index in [0.717, 1.165) is 0 Å². The number of carbonyl (C=O) groups is 4. The topological polar surface area (TPSA) is 114 Å². The van der Waals surface area contributed by atoms with Gasteiger partial charge in [-0.3, -0.25) is 14.9 Å². The highest BCUT2D eigenvalue weighted by Gasteiger charge is 2.29. The normalized spacial score (nSPS) is 12.2. The lowest BCUT2D eigenvalue weighted by Gasteiger charge is -2.20. The van der Waals surface area contributed by atoms with Crippen molar-refractivity contribution in [3.05, 3.63) is 70.7 Å². The van der Waals surface area contributed by atoms with Gasteiger partial charge < -0.3 is 15.4 Å². The van der Waals surface area contributed by atoms with Crippen LogP contribution in [0, 0.1) is 0 Å². The van der Waals surface area contributed by atoms with E-state index in [0.29, 0.717) is 16.1 Å². The molecule has 0 unspecified atom stereocenters. The summed E-state index contributed by atoms with van der Waals surface area (Å²) in [6, 6.07) is 12.6. The van der Waals surface area contributed by atoms with Gasteiger partial charge in [-0.2, -0.15) is 0 Å². The van der Waals surface area contributed by atoms with E-state index in [9.17, 15) is 19.2 Å². The average molecular weight is 418 g/mol.